The fourth-order valence-corrected chi connectivity index (χ4v) is 11.1. The average molecular weight is 1220 g/mol. The van der Waals surface area contributed by atoms with Gasteiger partial charge in [-0.25, -0.2) is 19.0 Å². The number of pyridine rings is 2. The second-order valence-electron chi connectivity index (χ2n) is 22.6. The number of ether oxygens (including phenoxy) is 6. The number of rotatable bonds is 27. The quantitative estimate of drug-likeness (QED) is 0.0208. The molecule has 6 amide bonds. The molecule has 1 fully saturated rings. The Balaban J connectivity index is 0.653. The van der Waals surface area contributed by atoms with Gasteiger partial charge in [0.2, 0.25) is 23.6 Å². The third-order valence-electron chi connectivity index (χ3n) is 16.3. The van der Waals surface area contributed by atoms with Gasteiger partial charge >= 0.3 is 12.1 Å². The van der Waals surface area contributed by atoms with Gasteiger partial charge in [-0.3, -0.25) is 28.8 Å². The van der Waals surface area contributed by atoms with Crippen molar-refractivity contribution in [1.82, 2.24) is 35.7 Å². The van der Waals surface area contributed by atoms with Crippen LogP contribution in [0.4, 0.5) is 26.2 Å². The Bertz CT molecular complexity index is 3560. The van der Waals surface area contributed by atoms with Crippen LogP contribution in [0.2, 0.25) is 0 Å². The summed E-state index contributed by atoms with van der Waals surface area (Å²) < 4.78 is 49.7. The summed E-state index contributed by atoms with van der Waals surface area (Å²) in [4.78, 5) is 112. The maximum atomic E-state index is 15.4. The number of esters is 1. The summed E-state index contributed by atoms with van der Waals surface area (Å²) >= 11 is 0. The number of nitrogens with one attached hydrogen (secondary N) is 5. The van der Waals surface area contributed by atoms with Crippen molar-refractivity contribution in [2.45, 2.75) is 104 Å². The van der Waals surface area contributed by atoms with Crippen LogP contribution in [-0.4, -0.2) is 146 Å². The number of nitrogens with zero attached hydrogens (tertiary/aromatic N) is 3. The second-order valence-corrected chi connectivity index (χ2v) is 22.6. The molecular weight excluding hydrogens is 1140 g/mol. The molecule has 5 heterocycles. The lowest BCUT2D eigenvalue weighted by Gasteiger charge is -2.38. The van der Waals surface area contributed by atoms with Crippen molar-refractivity contribution < 1.29 is 71.5 Å². The van der Waals surface area contributed by atoms with Crippen LogP contribution in [0.3, 0.4) is 0 Å². The van der Waals surface area contributed by atoms with Gasteiger partial charge in [0.25, 0.3) is 11.5 Å². The Hall–Kier alpha value is -8.56. The van der Waals surface area contributed by atoms with Crippen LogP contribution in [0.1, 0.15) is 102 Å². The van der Waals surface area contributed by atoms with Gasteiger partial charge in [-0.1, -0.05) is 32.9 Å². The fraction of sp³-hybridized carbons (Fsp3) is 0.468. The maximum Gasteiger partial charge on any atom is 0.410 e. The molecule has 9 rings (SSSR count). The molecule has 4 atom stereocenters. The number of fused-ring (bicyclic) bond motifs is 5. The number of halogens is 1. The number of likely N-dealkylation sites (tertiary alicyclic amines) is 1. The molecule has 0 unspecified atom stereocenters. The van der Waals surface area contributed by atoms with E-state index in [0.29, 0.717) is 114 Å². The van der Waals surface area contributed by atoms with E-state index < -0.39 is 70.8 Å². The van der Waals surface area contributed by atoms with Crippen molar-refractivity contribution in [1.29, 1.82) is 0 Å². The van der Waals surface area contributed by atoms with Crippen LogP contribution in [0.5, 0.6) is 0 Å². The largest absolute Gasteiger partial charge is 0.458 e. The first-order chi connectivity index (χ1) is 42.2. The number of nitrogen functional groups attached to an aromatic ring is 2. The molecule has 0 bridgehead atoms. The standard InChI is InChI=1S/C62H75FN10O15/c1-6-62(82)43-26-49-54-41(30-73(49)59(79)42(43)32-87-60(62)80)52-47(14-12-40-34(4)44(63)27-48(69-54)51(40)52)70-57(77)38-28-72(29-38)61(81)88-31-36-7-10-39(11-8-36)68-55(75)35(5)67-58(78)53(33(2)3)71-50(74)15-17-83-19-21-85-23-24-86-22-20-84-18-16-66-56(76)37-9-13-45(64)46(65)25-37/h7-11,13,25-27,33,35,38,47,53,82H,6,12,14-24,28-32,64-65H2,1-5H3,(H,66,76)(H,67,78)(H,68,75)(H,70,77)(H,71,74)/t35-,47+,53-,62+/m0/s1. The van der Waals surface area contributed by atoms with Gasteiger partial charge in [0.05, 0.1) is 105 Å². The molecule has 25 nitrogen and oxygen atoms in total. The minimum atomic E-state index is -2.03. The number of aliphatic hydroxyl groups is 1. The highest BCUT2D eigenvalue weighted by molar-refractivity contribution is 5.99. The number of cyclic esters (lactones) is 1. The number of anilines is 3. The van der Waals surface area contributed by atoms with Crippen LogP contribution in [0.25, 0.3) is 22.3 Å². The summed E-state index contributed by atoms with van der Waals surface area (Å²) in [5, 5.41) is 26.2. The summed E-state index contributed by atoms with van der Waals surface area (Å²) in [6.45, 7) is 10.8. The van der Waals surface area contributed by atoms with E-state index in [9.17, 15) is 43.5 Å². The summed E-state index contributed by atoms with van der Waals surface area (Å²) in [5.41, 5.74) is 15.2. The van der Waals surface area contributed by atoms with Crippen molar-refractivity contribution in [2.75, 3.05) is 89.3 Å². The number of hydrogen-bond donors (Lipinski definition) is 8. The Morgan fingerprint density at radius 3 is 2.19 bits per heavy atom. The van der Waals surface area contributed by atoms with E-state index in [1.54, 1.807) is 70.2 Å². The van der Waals surface area contributed by atoms with E-state index >= 15 is 4.39 Å². The lowest BCUT2D eigenvalue weighted by atomic mass is 9.81. The average Bonchev–Trinajstić information content (AvgIpc) is 1.49. The highest BCUT2D eigenvalue weighted by atomic mass is 19.1. The van der Waals surface area contributed by atoms with E-state index in [1.165, 1.54) is 28.5 Å². The van der Waals surface area contributed by atoms with Crippen molar-refractivity contribution in [3.8, 4) is 11.4 Å². The van der Waals surface area contributed by atoms with E-state index in [1.807, 2.05) is 0 Å². The number of aryl methyl sites for hydroxylation is 1. The molecule has 2 aromatic heterocycles. The van der Waals surface area contributed by atoms with Gasteiger partial charge in [0.1, 0.15) is 31.1 Å². The van der Waals surface area contributed by atoms with E-state index in [-0.39, 0.29) is 94.4 Å². The predicted molar refractivity (Wildman–Crippen MR) is 319 cm³/mol. The Labute approximate surface area is 506 Å². The molecule has 10 N–H and O–H groups in total. The number of carbonyl (C=O) groups excluding carboxylic acids is 7. The van der Waals surface area contributed by atoms with Gasteiger partial charge in [-0.05, 0) is 97.7 Å². The second kappa shape index (κ2) is 28.1. The lowest BCUT2D eigenvalue weighted by molar-refractivity contribution is -0.172. The maximum absolute atomic E-state index is 15.4. The molecule has 1 saturated heterocycles. The first kappa shape index (κ1) is 63.9. The molecule has 470 valence electrons. The van der Waals surface area contributed by atoms with Crippen LogP contribution >= 0.6 is 0 Å². The summed E-state index contributed by atoms with van der Waals surface area (Å²) in [5.74, 6) is -4.17. The van der Waals surface area contributed by atoms with Gasteiger partial charge < -0.3 is 81.0 Å². The molecule has 0 radical (unpaired) electrons. The van der Waals surface area contributed by atoms with E-state index in [2.05, 4.69) is 26.6 Å². The molecule has 0 spiro atoms. The monoisotopic (exact) mass is 1220 g/mol. The minimum Gasteiger partial charge on any atom is -0.458 e. The number of hydrogen-bond acceptors (Lipinski definition) is 18. The molecular formula is C62H75FN10O15. The Morgan fingerprint density at radius 2 is 1.52 bits per heavy atom. The zero-order valence-corrected chi connectivity index (χ0v) is 49.8. The topological polar surface area (TPSA) is 345 Å². The SMILES string of the molecule is CC[C@]1(O)C(=O)OCc2c1cc1n(c2=O)Cc2c-1nc1cc(F)c(C)c3c1c2[C@H](NC(=O)C1CN(C(=O)OCc2ccc(NC(=O)[C@H](C)NC(=O)[C@@H](NC(=O)CCOCCOCCOCCOCCNC(=O)c4ccc(N)c(N)c4)C(C)C)cc2)C1)CC3. The number of nitrogens with two attached hydrogens (primary N) is 2. The first-order valence-electron chi connectivity index (χ1n) is 29.4. The zero-order valence-electron chi connectivity index (χ0n) is 49.8. The van der Waals surface area contributed by atoms with Crippen LogP contribution in [-0.2, 0) is 84.2 Å². The van der Waals surface area contributed by atoms with Gasteiger partial charge in [0, 0.05) is 59.9 Å². The molecule has 5 aromatic rings. The molecule has 3 aromatic carbocycles. The normalized spacial score (nSPS) is 17.2. The molecule has 88 heavy (non-hydrogen) atoms. The van der Waals surface area contributed by atoms with Crippen LogP contribution in [0.15, 0.2) is 59.4 Å². The summed E-state index contributed by atoms with van der Waals surface area (Å²) in [6.07, 6.45) is 0.223. The molecule has 26 heteroatoms. The number of aromatic nitrogens is 2. The highest BCUT2D eigenvalue weighted by Gasteiger charge is 2.46. The van der Waals surface area contributed by atoms with Crippen LogP contribution < -0.4 is 43.6 Å². The number of benzene rings is 3. The van der Waals surface area contributed by atoms with E-state index in [0.717, 1.165) is 11.1 Å². The van der Waals surface area contributed by atoms with Crippen LogP contribution in [0, 0.1) is 24.6 Å². The highest BCUT2D eigenvalue weighted by Crippen LogP contribution is 2.46. The summed E-state index contributed by atoms with van der Waals surface area (Å²) in [7, 11) is 0. The lowest BCUT2D eigenvalue weighted by Crippen LogP contribution is -2.56. The minimum absolute atomic E-state index is 0.00671. The zero-order chi connectivity index (χ0) is 63.0. The smallest absolute Gasteiger partial charge is 0.410 e. The number of carbonyl (C=O) groups is 7. The number of amides is 6. The summed E-state index contributed by atoms with van der Waals surface area (Å²) in [6, 6.07) is 11.8. The van der Waals surface area contributed by atoms with Gasteiger partial charge in [0.15, 0.2) is 5.60 Å². The predicted octanol–water partition coefficient (Wildman–Crippen LogP) is 3.53. The molecule has 0 saturated carbocycles. The third-order valence-corrected chi connectivity index (χ3v) is 16.3. The van der Waals surface area contributed by atoms with Gasteiger partial charge in [-0.15, -0.1) is 0 Å². The Kier molecular flexibility index (Phi) is 20.4. The van der Waals surface area contributed by atoms with Crippen molar-refractivity contribution in [3.63, 3.8) is 0 Å². The van der Waals surface area contributed by atoms with Crippen molar-refractivity contribution in [3.05, 3.63) is 115 Å². The fourth-order valence-electron chi connectivity index (χ4n) is 11.1. The third kappa shape index (κ3) is 14.2. The van der Waals surface area contributed by atoms with Gasteiger partial charge in [-0.2, -0.15) is 0 Å². The Morgan fingerprint density at radius 1 is 0.841 bits per heavy atom. The molecule has 1 aliphatic carbocycles. The first-order valence-corrected chi connectivity index (χ1v) is 29.4. The van der Waals surface area contributed by atoms with Crippen molar-refractivity contribution in [2.24, 2.45) is 11.8 Å². The van der Waals surface area contributed by atoms with Crippen molar-refractivity contribution >= 4 is 69.6 Å². The molecule has 3 aliphatic heterocycles. The van der Waals surface area contributed by atoms with E-state index in [4.69, 9.17) is 44.9 Å². The molecule has 4 aliphatic rings.